The highest BCUT2D eigenvalue weighted by Crippen LogP contribution is 2.30. The summed E-state index contributed by atoms with van der Waals surface area (Å²) in [6, 6.07) is 7.51. The Hall–Kier alpha value is -2.37. The van der Waals surface area contributed by atoms with Crippen molar-refractivity contribution in [1.29, 1.82) is 0 Å². The summed E-state index contributed by atoms with van der Waals surface area (Å²) in [5.74, 6) is -0.224. The molecule has 1 atom stereocenters. The van der Waals surface area contributed by atoms with Crippen LogP contribution in [0.5, 0.6) is 0 Å². The summed E-state index contributed by atoms with van der Waals surface area (Å²) in [5, 5.41) is 3.12. The third-order valence-electron chi connectivity index (χ3n) is 6.31. The fourth-order valence-electron chi connectivity index (χ4n) is 4.69. The lowest BCUT2D eigenvalue weighted by Gasteiger charge is -2.28. The second kappa shape index (κ2) is 8.33. The van der Waals surface area contributed by atoms with E-state index in [9.17, 15) is 14.4 Å². The average Bonchev–Trinajstić information content (AvgIpc) is 2.90. The van der Waals surface area contributed by atoms with E-state index in [0.29, 0.717) is 13.0 Å². The van der Waals surface area contributed by atoms with Crippen LogP contribution < -0.4 is 5.32 Å². The van der Waals surface area contributed by atoms with Crippen molar-refractivity contribution < 1.29 is 14.4 Å². The Kier molecular flexibility index (Phi) is 5.64. The summed E-state index contributed by atoms with van der Waals surface area (Å²) in [4.78, 5) is 40.8. The Balaban J connectivity index is 1.32. The molecule has 4 amide bonds. The first-order chi connectivity index (χ1) is 13.6. The highest BCUT2D eigenvalue weighted by Gasteiger charge is 2.46. The summed E-state index contributed by atoms with van der Waals surface area (Å²) in [7, 11) is 0. The Morgan fingerprint density at radius 2 is 1.68 bits per heavy atom. The van der Waals surface area contributed by atoms with Crippen LogP contribution in [0.1, 0.15) is 62.5 Å². The molecule has 1 saturated heterocycles. The monoisotopic (exact) mass is 383 g/mol. The topological polar surface area (TPSA) is 69.7 Å². The van der Waals surface area contributed by atoms with Gasteiger partial charge in [0.15, 0.2) is 0 Å². The number of carbonyl (C=O) groups is 3. The highest BCUT2D eigenvalue weighted by atomic mass is 16.2. The number of hydrogen-bond donors (Lipinski definition) is 1. The van der Waals surface area contributed by atoms with Gasteiger partial charge in [0.1, 0.15) is 6.04 Å². The van der Waals surface area contributed by atoms with Crippen LogP contribution in [0.2, 0.25) is 0 Å². The SMILES string of the molecule is O=C(CCN1C(=O)C2Cc3ccccc3CN2C1=O)NC1CCCCCCC1. The molecule has 1 saturated carbocycles. The average molecular weight is 383 g/mol. The second-order valence-corrected chi connectivity index (χ2v) is 8.25. The maximum atomic E-state index is 12.8. The number of fused-ring (bicyclic) bond motifs is 2. The molecular weight excluding hydrogens is 354 g/mol. The lowest BCUT2D eigenvalue weighted by Crippen LogP contribution is -2.40. The maximum Gasteiger partial charge on any atom is 0.327 e. The van der Waals surface area contributed by atoms with E-state index in [4.69, 9.17) is 0 Å². The van der Waals surface area contributed by atoms with E-state index in [1.165, 1.54) is 24.2 Å². The molecule has 2 fully saturated rings. The van der Waals surface area contributed by atoms with E-state index in [2.05, 4.69) is 5.32 Å². The molecule has 1 aromatic rings. The molecule has 2 heterocycles. The third-order valence-corrected chi connectivity index (χ3v) is 6.31. The summed E-state index contributed by atoms with van der Waals surface area (Å²) in [6.07, 6.45) is 8.89. The number of benzene rings is 1. The van der Waals surface area contributed by atoms with Crippen LogP contribution in [0.25, 0.3) is 0 Å². The lowest BCUT2D eigenvalue weighted by molar-refractivity contribution is -0.129. The van der Waals surface area contributed by atoms with Crippen LogP contribution in [0.3, 0.4) is 0 Å². The van der Waals surface area contributed by atoms with Crippen LogP contribution in [0, 0.1) is 0 Å². The van der Waals surface area contributed by atoms with E-state index in [0.717, 1.165) is 36.8 Å². The molecule has 0 radical (unpaired) electrons. The van der Waals surface area contributed by atoms with Crippen molar-refractivity contribution in [2.75, 3.05) is 6.54 Å². The minimum Gasteiger partial charge on any atom is -0.353 e. The molecule has 1 N–H and O–H groups in total. The number of urea groups is 1. The molecule has 0 aromatic heterocycles. The molecule has 0 bridgehead atoms. The first-order valence-corrected chi connectivity index (χ1v) is 10.6. The van der Waals surface area contributed by atoms with Gasteiger partial charge in [-0.2, -0.15) is 0 Å². The fraction of sp³-hybridized carbons (Fsp3) is 0.591. The van der Waals surface area contributed by atoms with Gasteiger partial charge in [-0.3, -0.25) is 14.5 Å². The van der Waals surface area contributed by atoms with Crippen molar-refractivity contribution in [2.24, 2.45) is 0 Å². The Labute approximate surface area is 166 Å². The van der Waals surface area contributed by atoms with Gasteiger partial charge in [0.05, 0.1) is 0 Å². The van der Waals surface area contributed by atoms with Crippen molar-refractivity contribution in [3.8, 4) is 0 Å². The number of nitrogens with one attached hydrogen (secondary N) is 1. The third kappa shape index (κ3) is 3.91. The van der Waals surface area contributed by atoms with E-state index < -0.39 is 6.04 Å². The van der Waals surface area contributed by atoms with Crippen molar-refractivity contribution in [3.63, 3.8) is 0 Å². The molecule has 1 aliphatic carbocycles. The van der Waals surface area contributed by atoms with Crippen LogP contribution in [0.4, 0.5) is 4.79 Å². The first kappa shape index (κ1) is 19.0. The standard InChI is InChI=1S/C22H29N3O3/c26-20(23-18-10-4-2-1-3-5-11-18)12-13-24-21(27)19-14-16-8-6-7-9-17(16)15-25(19)22(24)28/h6-9,18-19H,1-5,10-15H2,(H,23,26). The highest BCUT2D eigenvalue weighted by molar-refractivity contribution is 6.04. The number of nitrogens with zero attached hydrogens (tertiary/aromatic N) is 2. The van der Waals surface area contributed by atoms with Gasteiger partial charge in [-0.05, 0) is 24.0 Å². The summed E-state index contributed by atoms with van der Waals surface area (Å²) >= 11 is 0. The van der Waals surface area contributed by atoms with E-state index in [1.807, 2.05) is 24.3 Å². The van der Waals surface area contributed by atoms with Gasteiger partial charge < -0.3 is 10.2 Å². The van der Waals surface area contributed by atoms with Gasteiger partial charge in [0.2, 0.25) is 5.91 Å². The Morgan fingerprint density at radius 3 is 2.43 bits per heavy atom. The number of rotatable bonds is 4. The molecule has 28 heavy (non-hydrogen) atoms. The maximum absolute atomic E-state index is 12.8. The molecule has 4 rings (SSSR count). The zero-order valence-corrected chi connectivity index (χ0v) is 16.4. The lowest BCUT2D eigenvalue weighted by atomic mass is 9.95. The molecule has 1 aromatic carbocycles. The molecule has 6 nitrogen and oxygen atoms in total. The predicted molar refractivity (Wildman–Crippen MR) is 105 cm³/mol. The zero-order valence-electron chi connectivity index (χ0n) is 16.4. The summed E-state index contributed by atoms with van der Waals surface area (Å²) < 4.78 is 0. The molecular formula is C22H29N3O3. The number of carbonyl (C=O) groups excluding carboxylic acids is 3. The van der Waals surface area contributed by atoms with E-state index in [-0.39, 0.29) is 36.9 Å². The molecule has 3 aliphatic rings. The van der Waals surface area contributed by atoms with Gasteiger partial charge in [-0.25, -0.2) is 4.79 Å². The van der Waals surface area contributed by atoms with Crippen molar-refractivity contribution in [2.45, 2.75) is 76.4 Å². The van der Waals surface area contributed by atoms with Crippen LogP contribution >= 0.6 is 0 Å². The zero-order chi connectivity index (χ0) is 19.5. The van der Waals surface area contributed by atoms with Crippen molar-refractivity contribution in [1.82, 2.24) is 15.1 Å². The largest absolute Gasteiger partial charge is 0.353 e. The quantitative estimate of drug-likeness (QED) is 0.813. The summed E-state index contributed by atoms with van der Waals surface area (Å²) in [6.45, 7) is 0.635. The first-order valence-electron chi connectivity index (χ1n) is 10.6. The minimum absolute atomic E-state index is 0.0562. The van der Waals surface area contributed by atoms with Crippen molar-refractivity contribution in [3.05, 3.63) is 35.4 Å². The normalized spacial score (nSPS) is 23.1. The molecule has 1 unspecified atom stereocenters. The molecule has 150 valence electrons. The van der Waals surface area contributed by atoms with Gasteiger partial charge in [-0.1, -0.05) is 56.4 Å². The van der Waals surface area contributed by atoms with Gasteiger partial charge in [0, 0.05) is 32.0 Å². The Morgan fingerprint density at radius 1 is 1.00 bits per heavy atom. The van der Waals surface area contributed by atoms with Crippen molar-refractivity contribution >= 4 is 17.8 Å². The smallest absolute Gasteiger partial charge is 0.327 e. The molecule has 2 aliphatic heterocycles. The van der Waals surface area contributed by atoms with E-state index in [1.54, 1.807) is 4.90 Å². The number of imide groups is 1. The predicted octanol–water partition coefficient (Wildman–Crippen LogP) is 2.99. The van der Waals surface area contributed by atoms with Crippen LogP contribution in [-0.2, 0) is 22.6 Å². The molecule has 6 heteroatoms. The molecule has 0 spiro atoms. The van der Waals surface area contributed by atoms with Crippen LogP contribution in [0.15, 0.2) is 24.3 Å². The van der Waals surface area contributed by atoms with Crippen LogP contribution in [-0.4, -0.2) is 46.3 Å². The second-order valence-electron chi connectivity index (χ2n) is 8.25. The number of amides is 4. The fourth-order valence-corrected chi connectivity index (χ4v) is 4.69. The van der Waals surface area contributed by atoms with Gasteiger partial charge in [-0.15, -0.1) is 0 Å². The van der Waals surface area contributed by atoms with Gasteiger partial charge >= 0.3 is 6.03 Å². The van der Waals surface area contributed by atoms with E-state index >= 15 is 0 Å². The Bertz CT molecular complexity index is 712. The minimum atomic E-state index is -0.420. The number of hydrogen-bond acceptors (Lipinski definition) is 3. The summed E-state index contributed by atoms with van der Waals surface area (Å²) in [5.41, 5.74) is 2.23. The van der Waals surface area contributed by atoms with Gasteiger partial charge in [0.25, 0.3) is 5.91 Å².